The predicted octanol–water partition coefficient (Wildman–Crippen LogP) is 1.29. The van der Waals surface area contributed by atoms with Crippen LogP contribution in [-0.4, -0.2) is 11.7 Å². The molecule has 0 saturated carbocycles. The number of aliphatic hydroxyl groups excluding tert-OH is 1. The van der Waals surface area contributed by atoms with Crippen LogP contribution in [0.4, 0.5) is 8.78 Å². The molecule has 3 N–H and O–H groups in total. The molecule has 13 heavy (non-hydrogen) atoms. The van der Waals surface area contributed by atoms with E-state index >= 15 is 0 Å². The van der Waals surface area contributed by atoms with Crippen LogP contribution in [0.3, 0.4) is 0 Å². The molecule has 1 atom stereocenters. The second kappa shape index (κ2) is 4.30. The van der Waals surface area contributed by atoms with Gasteiger partial charge in [-0.2, -0.15) is 0 Å². The lowest BCUT2D eigenvalue weighted by Crippen LogP contribution is -2.16. The van der Waals surface area contributed by atoms with Gasteiger partial charge in [-0.15, -0.1) is 0 Å². The molecule has 4 heteroatoms. The molecule has 1 unspecified atom stereocenters. The van der Waals surface area contributed by atoms with Crippen molar-refractivity contribution in [3.05, 3.63) is 35.1 Å². The van der Waals surface area contributed by atoms with E-state index < -0.39 is 18.5 Å². The normalized spacial score (nSPS) is 12.9. The van der Waals surface area contributed by atoms with E-state index in [1.807, 2.05) is 0 Å². The van der Waals surface area contributed by atoms with Gasteiger partial charge in [0.25, 0.3) is 0 Å². The summed E-state index contributed by atoms with van der Waals surface area (Å²) in [5.41, 5.74) is 5.71. The van der Waals surface area contributed by atoms with Crippen LogP contribution < -0.4 is 5.73 Å². The summed E-state index contributed by atoms with van der Waals surface area (Å²) < 4.78 is 25.3. The fraction of sp³-hybridized carbons (Fsp3) is 0.333. The summed E-state index contributed by atoms with van der Waals surface area (Å²) in [5, 5.41) is 8.73. The minimum atomic E-state index is -0.907. The molecular formula is C9H11F2NO. The SMILES string of the molecule is NC(CO)c1cccc(F)c1CF. The van der Waals surface area contributed by atoms with Crippen molar-refractivity contribution in [1.29, 1.82) is 0 Å². The van der Waals surface area contributed by atoms with Crippen molar-refractivity contribution in [2.45, 2.75) is 12.7 Å². The maximum Gasteiger partial charge on any atom is 0.129 e. The number of halogens is 2. The molecule has 0 amide bonds. The smallest absolute Gasteiger partial charge is 0.129 e. The third-order valence-electron chi connectivity index (χ3n) is 1.88. The Morgan fingerprint density at radius 2 is 2.15 bits per heavy atom. The van der Waals surface area contributed by atoms with Gasteiger partial charge in [0.15, 0.2) is 0 Å². The van der Waals surface area contributed by atoms with E-state index in [-0.39, 0.29) is 12.2 Å². The van der Waals surface area contributed by atoms with Gasteiger partial charge < -0.3 is 10.8 Å². The molecule has 0 heterocycles. The largest absolute Gasteiger partial charge is 0.394 e. The standard InChI is InChI=1S/C9H11F2NO/c10-4-7-6(9(12)5-13)2-1-3-8(7)11/h1-3,9,13H,4-5,12H2. The average molecular weight is 187 g/mol. The molecule has 0 aliphatic rings. The van der Waals surface area contributed by atoms with Crippen LogP contribution in [0.1, 0.15) is 17.2 Å². The van der Waals surface area contributed by atoms with E-state index in [1.165, 1.54) is 18.2 Å². The highest BCUT2D eigenvalue weighted by Crippen LogP contribution is 2.19. The minimum Gasteiger partial charge on any atom is -0.394 e. The maximum atomic E-state index is 13.0. The van der Waals surface area contributed by atoms with E-state index in [0.29, 0.717) is 5.56 Å². The van der Waals surface area contributed by atoms with Gasteiger partial charge in [-0.25, -0.2) is 8.78 Å². The van der Waals surface area contributed by atoms with Gasteiger partial charge in [-0.05, 0) is 11.6 Å². The van der Waals surface area contributed by atoms with E-state index in [0.717, 1.165) is 0 Å². The monoisotopic (exact) mass is 187 g/mol. The highest BCUT2D eigenvalue weighted by Gasteiger charge is 2.13. The highest BCUT2D eigenvalue weighted by atomic mass is 19.1. The van der Waals surface area contributed by atoms with Gasteiger partial charge in [0.2, 0.25) is 0 Å². The summed E-state index contributed by atoms with van der Waals surface area (Å²) in [6.45, 7) is -1.23. The first-order chi connectivity index (χ1) is 6.20. The minimum absolute atomic E-state index is 0.0657. The van der Waals surface area contributed by atoms with Gasteiger partial charge in [0.1, 0.15) is 12.5 Å². The molecule has 0 aromatic heterocycles. The molecule has 1 aromatic carbocycles. The maximum absolute atomic E-state index is 13.0. The Hall–Kier alpha value is -1.00. The van der Waals surface area contributed by atoms with Gasteiger partial charge in [-0.3, -0.25) is 0 Å². The summed E-state index contributed by atoms with van der Waals surface area (Å²) in [5.74, 6) is -0.621. The Kier molecular flexibility index (Phi) is 3.33. The molecule has 1 rings (SSSR count). The van der Waals surface area contributed by atoms with Gasteiger partial charge in [0, 0.05) is 5.56 Å². The Morgan fingerprint density at radius 1 is 1.46 bits per heavy atom. The van der Waals surface area contributed by atoms with Crippen molar-refractivity contribution in [2.24, 2.45) is 5.73 Å². The molecule has 0 radical (unpaired) electrons. The number of alkyl halides is 1. The predicted molar refractivity (Wildman–Crippen MR) is 45.2 cm³/mol. The van der Waals surface area contributed by atoms with E-state index in [2.05, 4.69) is 0 Å². The zero-order chi connectivity index (χ0) is 9.84. The van der Waals surface area contributed by atoms with E-state index in [1.54, 1.807) is 0 Å². The van der Waals surface area contributed by atoms with Crippen molar-refractivity contribution < 1.29 is 13.9 Å². The Balaban J connectivity index is 3.12. The van der Waals surface area contributed by atoms with Crippen molar-refractivity contribution in [1.82, 2.24) is 0 Å². The number of hydrogen-bond donors (Lipinski definition) is 2. The zero-order valence-electron chi connectivity index (χ0n) is 7.00. The summed E-state index contributed by atoms with van der Waals surface area (Å²) >= 11 is 0. The van der Waals surface area contributed by atoms with Gasteiger partial charge >= 0.3 is 0 Å². The van der Waals surface area contributed by atoms with Gasteiger partial charge in [0.05, 0.1) is 12.6 Å². The van der Waals surface area contributed by atoms with E-state index in [4.69, 9.17) is 10.8 Å². The third-order valence-corrected chi connectivity index (χ3v) is 1.88. The first-order valence-corrected chi connectivity index (χ1v) is 3.90. The van der Waals surface area contributed by atoms with Crippen LogP contribution in [0.5, 0.6) is 0 Å². The lowest BCUT2D eigenvalue weighted by atomic mass is 10.0. The molecular weight excluding hydrogens is 176 g/mol. The zero-order valence-corrected chi connectivity index (χ0v) is 7.00. The molecule has 0 aliphatic heterocycles. The van der Waals surface area contributed by atoms with Gasteiger partial charge in [-0.1, -0.05) is 12.1 Å². The van der Waals surface area contributed by atoms with Crippen LogP contribution >= 0.6 is 0 Å². The van der Waals surface area contributed by atoms with Crippen molar-refractivity contribution in [3.8, 4) is 0 Å². The molecule has 0 bridgehead atoms. The average Bonchev–Trinajstić information content (AvgIpc) is 2.16. The van der Waals surface area contributed by atoms with Crippen LogP contribution in [0.25, 0.3) is 0 Å². The Labute approximate surface area is 75.0 Å². The summed E-state index contributed by atoms with van der Waals surface area (Å²) in [6.07, 6.45) is 0. The highest BCUT2D eigenvalue weighted by molar-refractivity contribution is 5.30. The Bertz CT molecular complexity index is 291. The van der Waals surface area contributed by atoms with Crippen molar-refractivity contribution >= 4 is 0 Å². The molecule has 0 aliphatic carbocycles. The van der Waals surface area contributed by atoms with Crippen LogP contribution in [0.2, 0.25) is 0 Å². The third kappa shape index (κ3) is 2.02. The number of rotatable bonds is 3. The fourth-order valence-corrected chi connectivity index (χ4v) is 1.16. The lowest BCUT2D eigenvalue weighted by molar-refractivity contribution is 0.266. The second-order valence-electron chi connectivity index (χ2n) is 2.73. The molecule has 1 aromatic rings. The molecule has 0 saturated heterocycles. The van der Waals surface area contributed by atoms with Crippen molar-refractivity contribution in [3.63, 3.8) is 0 Å². The van der Waals surface area contributed by atoms with Crippen molar-refractivity contribution in [2.75, 3.05) is 6.61 Å². The summed E-state index contributed by atoms with van der Waals surface area (Å²) in [4.78, 5) is 0. The molecule has 2 nitrogen and oxygen atoms in total. The number of nitrogens with two attached hydrogens (primary N) is 1. The summed E-state index contributed by atoms with van der Waals surface area (Å²) in [7, 11) is 0. The topological polar surface area (TPSA) is 46.2 Å². The quantitative estimate of drug-likeness (QED) is 0.748. The second-order valence-corrected chi connectivity index (χ2v) is 2.73. The van der Waals surface area contributed by atoms with Crippen LogP contribution in [-0.2, 0) is 6.67 Å². The fourth-order valence-electron chi connectivity index (χ4n) is 1.16. The molecule has 0 spiro atoms. The number of aliphatic hydroxyl groups is 1. The molecule has 0 fully saturated rings. The first kappa shape index (κ1) is 10.1. The summed E-state index contributed by atoms with van der Waals surface area (Å²) in [6, 6.07) is 3.40. The molecule has 72 valence electrons. The van der Waals surface area contributed by atoms with Crippen LogP contribution in [0.15, 0.2) is 18.2 Å². The number of benzene rings is 1. The van der Waals surface area contributed by atoms with E-state index in [9.17, 15) is 8.78 Å². The lowest BCUT2D eigenvalue weighted by Gasteiger charge is -2.12. The Morgan fingerprint density at radius 3 is 2.69 bits per heavy atom. The first-order valence-electron chi connectivity index (χ1n) is 3.90. The van der Waals surface area contributed by atoms with Crippen LogP contribution in [0, 0.1) is 5.82 Å². The number of hydrogen-bond acceptors (Lipinski definition) is 2.